The van der Waals surface area contributed by atoms with E-state index in [0.717, 1.165) is 28.0 Å². The molecule has 0 atom stereocenters. The van der Waals surface area contributed by atoms with Crippen molar-refractivity contribution >= 4 is 15.9 Å². The summed E-state index contributed by atoms with van der Waals surface area (Å²) in [7, 11) is 0. The summed E-state index contributed by atoms with van der Waals surface area (Å²) in [4.78, 5) is 0. The molecule has 0 fully saturated rings. The maximum absolute atomic E-state index is 6.09. The number of hydrogen-bond acceptors (Lipinski definition) is 2. The van der Waals surface area contributed by atoms with Crippen molar-refractivity contribution in [1.82, 2.24) is 0 Å². The van der Waals surface area contributed by atoms with Crippen LogP contribution in [0.4, 0.5) is 0 Å². The average molecular weight is 348 g/mol. The number of hydrogen-bond donors (Lipinski definition) is 1. The average Bonchev–Trinajstić information content (AvgIpc) is 2.44. The van der Waals surface area contributed by atoms with Gasteiger partial charge in [0, 0.05) is 0 Å². The van der Waals surface area contributed by atoms with Crippen LogP contribution < -0.4 is 10.5 Å². The first-order valence-corrected chi connectivity index (χ1v) is 8.07. The quantitative estimate of drug-likeness (QED) is 0.809. The first-order valence-electron chi connectivity index (χ1n) is 7.28. The Labute approximate surface area is 135 Å². The fourth-order valence-corrected chi connectivity index (χ4v) is 2.66. The van der Waals surface area contributed by atoms with E-state index in [2.05, 4.69) is 67.0 Å². The summed E-state index contributed by atoms with van der Waals surface area (Å²) in [6.07, 6.45) is 0.876. The molecule has 0 spiro atoms. The maximum Gasteiger partial charge on any atom is 0.141 e. The molecule has 2 nitrogen and oxygen atoms in total. The van der Waals surface area contributed by atoms with E-state index in [9.17, 15) is 0 Å². The van der Waals surface area contributed by atoms with E-state index in [4.69, 9.17) is 10.5 Å². The highest BCUT2D eigenvalue weighted by Gasteiger charge is 2.08. The van der Waals surface area contributed by atoms with Crippen LogP contribution in [0.15, 0.2) is 40.9 Å². The Morgan fingerprint density at radius 3 is 2.48 bits per heavy atom. The first-order chi connectivity index (χ1) is 10.0. The zero-order valence-electron chi connectivity index (χ0n) is 12.8. The number of rotatable bonds is 5. The van der Waals surface area contributed by atoms with Gasteiger partial charge in [-0.2, -0.15) is 0 Å². The van der Waals surface area contributed by atoms with Crippen molar-refractivity contribution < 1.29 is 4.74 Å². The van der Waals surface area contributed by atoms with Crippen LogP contribution in [0.3, 0.4) is 0 Å². The Kier molecular flexibility index (Phi) is 5.43. The summed E-state index contributed by atoms with van der Waals surface area (Å²) in [6, 6.07) is 12.5. The van der Waals surface area contributed by atoms with Crippen LogP contribution in [0.2, 0.25) is 0 Å². The molecule has 0 amide bonds. The Morgan fingerprint density at radius 1 is 1.10 bits per heavy atom. The van der Waals surface area contributed by atoms with E-state index in [1.165, 1.54) is 11.1 Å². The lowest BCUT2D eigenvalue weighted by Crippen LogP contribution is -2.02. The number of benzene rings is 2. The summed E-state index contributed by atoms with van der Waals surface area (Å²) >= 11 is 3.58. The molecular weight excluding hydrogens is 326 g/mol. The second kappa shape index (κ2) is 7.10. The molecule has 2 aromatic carbocycles. The third kappa shape index (κ3) is 4.08. The lowest BCUT2D eigenvalue weighted by molar-refractivity contribution is 0.474. The third-order valence-electron chi connectivity index (χ3n) is 3.53. The number of ether oxygens (including phenoxy) is 1. The minimum Gasteiger partial charge on any atom is -0.456 e. The molecule has 0 unspecified atom stereocenters. The maximum atomic E-state index is 6.09. The Morgan fingerprint density at radius 2 is 1.86 bits per heavy atom. The molecule has 0 bridgehead atoms. The van der Waals surface area contributed by atoms with Crippen molar-refractivity contribution in [2.45, 2.75) is 33.1 Å². The van der Waals surface area contributed by atoms with Gasteiger partial charge in [-0.3, -0.25) is 0 Å². The van der Waals surface area contributed by atoms with Gasteiger partial charge in [0.1, 0.15) is 11.5 Å². The molecule has 0 saturated carbocycles. The second-order valence-electron chi connectivity index (χ2n) is 5.59. The number of halogens is 1. The first kappa shape index (κ1) is 16.1. The highest BCUT2D eigenvalue weighted by molar-refractivity contribution is 9.10. The van der Waals surface area contributed by atoms with Gasteiger partial charge in [0.15, 0.2) is 0 Å². The fourth-order valence-electron chi connectivity index (χ4n) is 2.15. The molecule has 3 heteroatoms. The predicted molar refractivity (Wildman–Crippen MR) is 92.2 cm³/mol. The van der Waals surface area contributed by atoms with E-state index in [-0.39, 0.29) is 0 Å². The SMILES string of the molecule is Cc1ccc(C(C)C)cc1Oc1ccc(CCN)cc1Br. The molecule has 0 saturated heterocycles. The van der Waals surface area contributed by atoms with Crippen molar-refractivity contribution in [2.24, 2.45) is 5.73 Å². The molecule has 112 valence electrons. The monoisotopic (exact) mass is 347 g/mol. The Hall–Kier alpha value is -1.32. The van der Waals surface area contributed by atoms with E-state index in [1.54, 1.807) is 0 Å². The molecule has 0 aliphatic rings. The minimum absolute atomic E-state index is 0.489. The lowest BCUT2D eigenvalue weighted by atomic mass is 10.0. The fraction of sp³-hybridized carbons (Fsp3) is 0.333. The van der Waals surface area contributed by atoms with Crippen molar-refractivity contribution in [3.8, 4) is 11.5 Å². The van der Waals surface area contributed by atoms with Gasteiger partial charge >= 0.3 is 0 Å². The molecule has 21 heavy (non-hydrogen) atoms. The molecule has 0 radical (unpaired) electrons. The molecule has 0 aliphatic carbocycles. The third-order valence-corrected chi connectivity index (χ3v) is 4.15. The van der Waals surface area contributed by atoms with Gasteiger partial charge < -0.3 is 10.5 Å². The molecular formula is C18H22BrNO. The zero-order valence-corrected chi connectivity index (χ0v) is 14.4. The lowest BCUT2D eigenvalue weighted by Gasteiger charge is -2.14. The van der Waals surface area contributed by atoms with Crippen LogP contribution in [0, 0.1) is 6.92 Å². The normalized spacial score (nSPS) is 11.0. The van der Waals surface area contributed by atoms with Crippen molar-refractivity contribution in [1.29, 1.82) is 0 Å². The minimum atomic E-state index is 0.489. The van der Waals surface area contributed by atoms with Crippen molar-refractivity contribution in [3.05, 3.63) is 57.6 Å². The Bertz CT molecular complexity index is 623. The second-order valence-corrected chi connectivity index (χ2v) is 6.44. The molecule has 0 heterocycles. The van der Waals surface area contributed by atoms with Crippen LogP contribution >= 0.6 is 15.9 Å². The predicted octanol–water partition coefficient (Wildman–Crippen LogP) is 5.17. The summed E-state index contributed by atoms with van der Waals surface area (Å²) in [5, 5.41) is 0. The van der Waals surface area contributed by atoms with Crippen LogP contribution in [0.5, 0.6) is 11.5 Å². The molecule has 2 N–H and O–H groups in total. The van der Waals surface area contributed by atoms with Crippen LogP contribution in [0.1, 0.15) is 36.5 Å². The van der Waals surface area contributed by atoms with Crippen molar-refractivity contribution in [2.75, 3.05) is 6.54 Å². The van der Waals surface area contributed by atoms with E-state index < -0.39 is 0 Å². The summed E-state index contributed by atoms with van der Waals surface area (Å²) < 4.78 is 7.05. The van der Waals surface area contributed by atoms with Gasteiger partial charge in [-0.1, -0.05) is 32.0 Å². The van der Waals surface area contributed by atoms with Crippen LogP contribution in [0.25, 0.3) is 0 Å². The molecule has 0 aromatic heterocycles. The highest BCUT2D eigenvalue weighted by Crippen LogP contribution is 2.33. The standard InChI is InChI=1S/C18H22BrNO/c1-12(2)15-6-4-13(3)18(11-15)21-17-7-5-14(8-9-20)10-16(17)19/h4-7,10-12H,8-9,20H2,1-3H3. The van der Waals surface area contributed by atoms with Gasteiger partial charge in [0.2, 0.25) is 0 Å². The number of nitrogens with two attached hydrogens (primary N) is 1. The van der Waals surface area contributed by atoms with Gasteiger partial charge in [0.05, 0.1) is 4.47 Å². The van der Waals surface area contributed by atoms with Crippen LogP contribution in [-0.4, -0.2) is 6.54 Å². The van der Waals surface area contributed by atoms with E-state index in [1.807, 2.05) is 6.07 Å². The van der Waals surface area contributed by atoms with Gasteiger partial charge in [-0.15, -0.1) is 0 Å². The zero-order chi connectivity index (χ0) is 15.4. The van der Waals surface area contributed by atoms with Gasteiger partial charge in [-0.05, 0) is 76.6 Å². The van der Waals surface area contributed by atoms with Crippen molar-refractivity contribution in [3.63, 3.8) is 0 Å². The topological polar surface area (TPSA) is 35.2 Å². The van der Waals surface area contributed by atoms with Crippen LogP contribution in [-0.2, 0) is 6.42 Å². The molecule has 2 rings (SSSR count). The Balaban J connectivity index is 2.27. The largest absolute Gasteiger partial charge is 0.456 e. The van der Waals surface area contributed by atoms with Gasteiger partial charge in [0.25, 0.3) is 0 Å². The molecule has 0 aliphatic heterocycles. The summed E-state index contributed by atoms with van der Waals surface area (Å²) in [5.41, 5.74) is 9.22. The summed E-state index contributed by atoms with van der Waals surface area (Å²) in [6.45, 7) is 7.09. The highest BCUT2D eigenvalue weighted by atomic mass is 79.9. The smallest absolute Gasteiger partial charge is 0.141 e. The van der Waals surface area contributed by atoms with E-state index >= 15 is 0 Å². The van der Waals surface area contributed by atoms with E-state index in [0.29, 0.717) is 12.5 Å². The number of aryl methyl sites for hydroxylation is 1. The molecule has 2 aromatic rings. The summed E-state index contributed by atoms with van der Waals surface area (Å²) in [5.74, 6) is 2.23. The van der Waals surface area contributed by atoms with Gasteiger partial charge in [-0.25, -0.2) is 0 Å².